The van der Waals surface area contributed by atoms with Crippen molar-refractivity contribution >= 4 is 5.91 Å². The summed E-state index contributed by atoms with van der Waals surface area (Å²) in [6, 6.07) is 1.05. The molecule has 0 fully saturated rings. The van der Waals surface area contributed by atoms with Gasteiger partial charge in [-0.05, 0) is 33.1 Å². The summed E-state index contributed by atoms with van der Waals surface area (Å²) in [5, 5.41) is 3.00. The Labute approximate surface area is 107 Å². The number of rotatable bonds is 6. The molecule has 0 unspecified atom stereocenters. The van der Waals surface area contributed by atoms with Gasteiger partial charge < -0.3 is 5.32 Å². The van der Waals surface area contributed by atoms with Gasteiger partial charge in [0.1, 0.15) is 0 Å². The smallest absolute Gasteiger partial charge is 0.220 e. The number of nitrogens with zero attached hydrogens (tertiary/aromatic N) is 1. The van der Waals surface area contributed by atoms with Crippen molar-refractivity contribution in [3.63, 3.8) is 0 Å². The third kappa shape index (κ3) is 8.19. The van der Waals surface area contributed by atoms with Crippen molar-refractivity contribution in [2.45, 2.75) is 67.0 Å². The Morgan fingerprint density at radius 2 is 1.59 bits per heavy atom. The molecule has 102 valence electrons. The van der Waals surface area contributed by atoms with Crippen molar-refractivity contribution in [1.29, 1.82) is 0 Å². The molecule has 0 bridgehead atoms. The Morgan fingerprint density at radius 3 is 1.94 bits per heavy atom. The van der Waals surface area contributed by atoms with Gasteiger partial charge in [-0.3, -0.25) is 9.69 Å². The van der Waals surface area contributed by atoms with E-state index >= 15 is 0 Å². The molecule has 0 saturated carbocycles. The number of carbonyl (C=O) groups excluding carboxylic acids is 1. The molecule has 0 atom stereocenters. The van der Waals surface area contributed by atoms with Gasteiger partial charge in [-0.25, -0.2) is 0 Å². The molecule has 0 aliphatic carbocycles. The van der Waals surface area contributed by atoms with Gasteiger partial charge in [0.25, 0.3) is 0 Å². The van der Waals surface area contributed by atoms with Crippen LogP contribution in [0.2, 0.25) is 0 Å². The number of amides is 1. The molecule has 1 amide bonds. The van der Waals surface area contributed by atoms with E-state index < -0.39 is 0 Å². The lowest BCUT2D eigenvalue weighted by Crippen LogP contribution is -2.42. The molecule has 1 N–H and O–H groups in total. The van der Waals surface area contributed by atoms with Crippen LogP contribution in [0.3, 0.4) is 0 Å². The highest BCUT2D eigenvalue weighted by Gasteiger charge is 2.16. The van der Waals surface area contributed by atoms with E-state index in [2.05, 4.69) is 58.7 Å². The van der Waals surface area contributed by atoms with Gasteiger partial charge in [-0.15, -0.1) is 0 Å². The van der Waals surface area contributed by atoms with Gasteiger partial charge in [0.2, 0.25) is 5.91 Å². The lowest BCUT2D eigenvalue weighted by atomic mass is 9.92. The molecule has 3 heteroatoms. The third-order valence-electron chi connectivity index (χ3n) is 2.71. The molecule has 3 nitrogen and oxygen atoms in total. The van der Waals surface area contributed by atoms with Crippen LogP contribution in [0.5, 0.6) is 0 Å². The van der Waals surface area contributed by atoms with Crippen molar-refractivity contribution in [2.75, 3.05) is 13.1 Å². The highest BCUT2D eigenvalue weighted by Crippen LogP contribution is 2.17. The molecule has 0 aromatic rings. The van der Waals surface area contributed by atoms with Crippen molar-refractivity contribution in [3.8, 4) is 0 Å². The zero-order valence-corrected chi connectivity index (χ0v) is 12.6. The third-order valence-corrected chi connectivity index (χ3v) is 2.71. The molecule has 0 aliphatic heterocycles. The highest BCUT2D eigenvalue weighted by atomic mass is 16.1. The van der Waals surface area contributed by atoms with Crippen molar-refractivity contribution in [2.24, 2.45) is 5.41 Å². The summed E-state index contributed by atoms with van der Waals surface area (Å²) in [7, 11) is 0. The average Bonchev–Trinajstić information content (AvgIpc) is 2.07. The normalized spacial score (nSPS) is 12.6. The van der Waals surface area contributed by atoms with Crippen LogP contribution >= 0.6 is 0 Å². The van der Waals surface area contributed by atoms with Crippen LogP contribution in [0.4, 0.5) is 0 Å². The molecule has 0 spiro atoms. The minimum absolute atomic E-state index is 0.0693. The summed E-state index contributed by atoms with van der Waals surface area (Å²) in [5.74, 6) is 0.157. The minimum atomic E-state index is 0.0693. The van der Waals surface area contributed by atoms with Crippen LogP contribution in [0.1, 0.15) is 54.9 Å². The molecule has 0 aliphatic rings. The largest absolute Gasteiger partial charge is 0.355 e. The second kappa shape index (κ2) is 7.00. The lowest BCUT2D eigenvalue weighted by Gasteiger charge is -2.30. The van der Waals surface area contributed by atoms with Gasteiger partial charge in [0.15, 0.2) is 0 Å². The predicted octanol–water partition coefficient (Wildman–Crippen LogP) is 2.66. The van der Waals surface area contributed by atoms with E-state index in [4.69, 9.17) is 0 Å². The van der Waals surface area contributed by atoms with E-state index in [1.165, 1.54) is 0 Å². The van der Waals surface area contributed by atoms with Crippen molar-refractivity contribution in [3.05, 3.63) is 0 Å². The first-order valence-corrected chi connectivity index (χ1v) is 6.66. The summed E-state index contributed by atoms with van der Waals surface area (Å²) in [5.41, 5.74) is 0.0693. The molecule has 0 saturated heterocycles. The first-order chi connectivity index (χ1) is 7.63. The highest BCUT2D eigenvalue weighted by molar-refractivity contribution is 5.76. The van der Waals surface area contributed by atoms with E-state index in [1.54, 1.807) is 0 Å². The first kappa shape index (κ1) is 16.4. The van der Waals surface area contributed by atoms with Crippen LogP contribution in [0.15, 0.2) is 0 Å². The summed E-state index contributed by atoms with van der Waals surface area (Å²) in [6.45, 7) is 16.7. The van der Waals surface area contributed by atoms with Crippen LogP contribution in [-0.4, -0.2) is 36.0 Å². The maximum atomic E-state index is 11.7. The Balaban J connectivity index is 3.93. The van der Waals surface area contributed by atoms with Gasteiger partial charge in [-0.1, -0.05) is 20.8 Å². The van der Waals surface area contributed by atoms with E-state index in [0.717, 1.165) is 13.1 Å². The molecule has 0 heterocycles. The minimum Gasteiger partial charge on any atom is -0.355 e. The summed E-state index contributed by atoms with van der Waals surface area (Å²) < 4.78 is 0. The number of hydrogen-bond acceptors (Lipinski definition) is 2. The Hall–Kier alpha value is -0.570. The SMILES string of the molecule is CC(C)N(CCNC(=O)CC(C)(C)C)C(C)C. The number of nitrogens with one attached hydrogen (secondary N) is 1. The van der Waals surface area contributed by atoms with E-state index in [0.29, 0.717) is 18.5 Å². The zero-order valence-electron chi connectivity index (χ0n) is 12.6. The molecular formula is C14H30N2O. The van der Waals surface area contributed by atoms with Crippen LogP contribution in [0, 0.1) is 5.41 Å². The Morgan fingerprint density at radius 1 is 1.12 bits per heavy atom. The zero-order chi connectivity index (χ0) is 13.6. The van der Waals surface area contributed by atoms with Gasteiger partial charge in [0, 0.05) is 31.6 Å². The van der Waals surface area contributed by atoms with E-state index in [1.807, 2.05) is 0 Å². The van der Waals surface area contributed by atoms with Gasteiger partial charge in [-0.2, -0.15) is 0 Å². The Bertz CT molecular complexity index is 221. The van der Waals surface area contributed by atoms with Gasteiger partial charge in [0.05, 0.1) is 0 Å². The van der Waals surface area contributed by atoms with E-state index in [9.17, 15) is 4.79 Å². The second-order valence-corrected chi connectivity index (χ2v) is 6.51. The van der Waals surface area contributed by atoms with Crippen molar-refractivity contribution < 1.29 is 4.79 Å². The Kier molecular flexibility index (Phi) is 6.76. The van der Waals surface area contributed by atoms with Gasteiger partial charge >= 0.3 is 0 Å². The fourth-order valence-corrected chi connectivity index (χ4v) is 1.98. The molecule has 0 radical (unpaired) electrons. The molecule has 0 aromatic carbocycles. The fraction of sp³-hybridized carbons (Fsp3) is 0.929. The molecular weight excluding hydrogens is 212 g/mol. The molecule has 17 heavy (non-hydrogen) atoms. The molecule has 0 aromatic heterocycles. The van der Waals surface area contributed by atoms with Crippen LogP contribution < -0.4 is 5.32 Å². The monoisotopic (exact) mass is 242 g/mol. The van der Waals surface area contributed by atoms with Crippen molar-refractivity contribution in [1.82, 2.24) is 10.2 Å². The van der Waals surface area contributed by atoms with Crippen LogP contribution in [0.25, 0.3) is 0 Å². The number of hydrogen-bond donors (Lipinski definition) is 1. The number of carbonyl (C=O) groups is 1. The standard InChI is InChI=1S/C14H30N2O/c1-11(2)16(12(3)4)9-8-15-13(17)10-14(5,6)7/h11-12H,8-10H2,1-7H3,(H,15,17). The first-order valence-electron chi connectivity index (χ1n) is 6.66. The lowest BCUT2D eigenvalue weighted by molar-refractivity contribution is -0.122. The average molecular weight is 242 g/mol. The summed E-state index contributed by atoms with van der Waals surface area (Å²) in [6.07, 6.45) is 0.594. The topological polar surface area (TPSA) is 32.3 Å². The quantitative estimate of drug-likeness (QED) is 0.776. The maximum absolute atomic E-state index is 11.7. The molecule has 0 rings (SSSR count). The van der Waals surface area contributed by atoms with Crippen LogP contribution in [-0.2, 0) is 4.79 Å². The maximum Gasteiger partial charge on any atom is 0.220 e. The predicted molar refractivity (Wildman–Crippen MR) is 74.1 cm³/mol. The summed E-state index contributed by atoms with van der Waals surface area (Å²) in [4.78, 5) is 14.0. The fourth-order valence-electron chi connectivity index (χ4n) is 1.98. The summed E-state index contributed by atoms with van der Waals surface area (Å²) >= 11 is 0. The van der Waals surface area contributed by atoms with E-state index in [-0.39, 0.29) is 11.3 Å². The second-order valence-electron chi connectivity index (χ2n) is 6.51.